The number of non-ortho nitro benzene ring substituents is 1. The first-order valence-corrected chi connectivity index (χ1v) is 8.20. The second-order valence-corrected chi connectivity index (χ2v) is 5.93. The standard InChI is InChI=1S/C20H16N4O2/c25-24(26)15-10-8-14(9-11-15)23-20(19-7-3-4-12-21-19)17-13-22-18-6-2-1-5-16(17)18/h1-13,20,22-23H/t20-/m1/s1. The molecule has 0 bridgehead atoms. The number of aromatic amines is 1. The molecule has 0 unspecified atom stereocenters. The fraction of sp³-hybridized carbons (Fsp3) is 0.0500. The molecule has 26 heavy (non-hydrogen) atoms. The zero-order valence-electron chi connectivity index (χ0n) is 13.8. The minimum Gasteiger partial charge on any atom is -0.373 e. The van der Waals surface area contributed by atoms with Gasteiger partial charge >= 0.3 is 0 Å². The van der Waals surface area contributed by atoms with Gasteiger partial charge in [0.2, 0.25) is 0 Å². The van der Waals surface area contributed by atoms with Gasteiger partial charge in [-0.3, -0.25) is 15.1 Å². The molecule has 0 aliphatic heterocycles. The highest BCUT2D eigenvalue weighted by atomic mass is 16.6. The summed E-state index contributed by atoms with van der Waals surface area (Å²) < 4.78 is 0. The Balaban J connectivity index is 1.75. The highest BCUT2D eigenvalue weighted by Gasteiger charge is 2.19. The summed E-state index contributed by atoms with van der Waals surface area (Å²) in [5.74, 6) is 0. The molecule has 128 valence electrons. The van der Waals surface area contributed by atoms with Crippen molar-refractivity contribution in [2.24, 2.45) is 0 Å². The molecular formula is C20H16N4O2. The van der Waals surface area contributed by atoms with Crippen molar-refractivity contribution in [3.63, 3.8) is 0 Å². The molecule has 2 aromatic heterocycles. The molecule has 4 rings (SSSR count). The maximum Gasteiger partial charge on any atom is 0.269 e. The van der Waals surface area contributed by atoms with E-state index in [0.717, 1.165) is 27.8 Å². The van der Waals surface area contributed by atoms with Gasteiger partial charge in [-0.1, -0.05) is 24.3 Å². The number of fused-ring (bicyclic) bond motifs is 1. The van der Waals surface area contributed by atoms with Crippen molar-refractivity contribution < 1.29 is 4.92 Å². The van der Waals surface area contributed by atoms with Crippen molar-refractivity contribution in [3.8, 4) is 0 Å². The molecule has 0 saturated heterocycles. The first-order chi connectivity index (χ1) is 12.7. The Kier molecular flexibility index (Phi) is 4.07. The van der Waals surface area contributed by atoms with E-state index >= 15 is 0 Å². The molecular weight excluding hydrogens is 328 g/mol. The normalized spacial score (nSPS) is 12.0. The Bertz CT molecular complexity index is 1040. The van der Waals surface area contributed by atoms with Crippen LogP contribution in [0.3, 0.4) is 0 Å². The molecule has 4 aromatic rings. The lowest BCUT2D eigenvalue weighted by Gasteiger charge is -2.19. The van der Waals surface area contributed by atoms with Gasteiger partial charge in [-0.15, -0.1) is 0 Å². The van der Waals surface area contributed by atoms with Crippen LogP contribution < -0.4 is 5.32 Å². The topological polar surface area (TPSA) is 83.8 Å². The van der Waals surface area contributed by atoms with Crippen LogP contribution in [0.1, 0.15) is 17.3 Å². The number of hydrogen-bond acceptors (Lipinski definition) is 4. The second kappa shape index (κ2) is 6.68. The molecule has 6 heteroatoms. The molecule has 2 heterocycles. The molecule has 6 nitrogen and oxygen atoms in total. The van der Waals surface area contributed by atoms with Gasteiger partial charge in [-0.05, 0) is 30.3 Å². The fourth-order valence-corrected chi connectivity index (χ4v) is 3.04. The van der Waals surface area contributed by atoms with Crippen LogP contribution in [0, 0.1) is 10.1 Å². The van der Waals surface area contributed by atoms with Gasteiger partial charge < -0.3 is 10.3 Å². The van der Waals surface area contributed by atoms with Gasteiger partial charge in [-0.2, -0.15) is 0 Å². The number of para-hydroxylation sites is 1. The third-order valence-electron chi connectivity index (χ3n) is 4.30. The monoisotopic (exact) mass is 344 g/mol. The number of nitro benzene ring substituents is 1. The van der Waals surface area contributed by atoms with Crippen LogP contribution in [-0.2, 0) is 0 Å². The highest BCUT2D eigenvalue weighted by Crippen LogP contribution is 2.31. The molecule has 2 N–H and O–H groups in total. The fourth-order valence-electron chi connectivity index (χ4n) is 3.04. The number of rotatable bonds is 5. The minimum absolute atomic E-state index is 0.0667. The number of nitro groups is 1. The van der Waals surface area contributed by atoms with Gasteiger partial charge in [-0.25, -0.2) is 0 Å². The van der Waals surface area contributed by atoms with Crippen LogP contribution in [0.15, 0.2) is 79.1 Å². The number of benzene rings is 2. The van der Waals surface area contributed by atoms with E-state index in [1.54, 1.807) is 18.3 Å². The van der Waals surface area contributed by atoms with Crippen molar-refractivity contribution >= 4 is 22.3 Å². The molecule has 0 radical (unpaired) electrons. The van der Waals surface area contributed by atoms with E-state index in [4.69, 9.17) is 0 Å². The lowest BCUT2D eigenvalue weighted by atomic mass is 10.0. The van der Waals surface area contributed by atoms with E-state index in [2.05, 4.69) is 21.4 Å². The first-order valence-electron chi connectivity index (χ1n) is 8.20. The maximum absolute atomic E-state index is 10.9. The average Bonchev–Trinajstić information content (AvgIpc) is 3.11. The smallest absolute Gasteiger partial charge is 0.269 e. The van der Waals surface area contributed by atoms with E-state index in [9.17, 15) is 10.1 Å². The molecule has 0 spiro atoms. The van der Waals surface area contributed by atoms with Crippen molar-refractivity contribution in [2.75, 3.05) is 5.32 Å². The number of aromatic nitrogens is 2. The molecule has 0 amide bonds. The van der Waals surface area contributed by atoms with Crippen LogP contribution in [0.5, 0.6) is 0 Å². The molecule has 0 aliphatic carbocycles. The van der Waals surface area contributed by atoms with Crippen LogP contribution >= 0.6 is 0 Å². The van der Waals surface area contributed by atoms with Gasteiger partial charge in [0.25, 0.3) is 5.69 Å². The Morgan fingerprint density at radius 3 is 2.50 bits per heavy atom. The first kappa shape index (κ1) is 15.8. The predicted molar refractivity (Wildman–Crippen MR) is 101 cm³/mol. The summed E-state index contributed by atoms with van der Waals surface area (Å²) in [6.45, 7) is 0. The molecule has 0 aliphatic rings. The van der Waals surface area contributed by atoms with Crippen LogP contribution in [0.25, 0.3) is 10.9 Å². The van der Waals surface area contributed by atoms with Crippen LogP contribution in [0.2, 0.25) is 0 Å². The highest BCUT2D eigenvalue weighted by molar-refractivity contribution is 5.84. The van der Waals surface area contributed by atoms with E-state index in [0.29, 0.717) is 0 Å². The summed E-state index contributed by atoms with van der Waals surface area (Å²) in [6, 6.07) is 20.1. The summed E-state index contributed by atoms with van der Waals surface area (Å²) in [6.07, 6.45) is 3.73. The van der Waals surface area contributed by atoms with Gasteiger partial charge in [0.05, 0.1) is 16.7 Å². The van der Waals surface area contributed by atoms with E-state index < -0.39 is 4.92 Å². The SMILES string of the molecule is O=[N+]([O-])c1ccc(N[C@@H](c2ccccn2)c2c[nH]c3ccccc23)cc1. The molecule has 0 fully saturated rings. The number of pyridine rings is 1. The van der Waals surface area contributed by atoms with Gasteiger partial charge in [0.1, 0.15) is 0 Å². The lowest BCUT2D eigenvalue weighted by molar-refractivity contribution is -0.384. The lowest BCUT2D eigenvalue weighted by Crippen LogP contribution is -2.13. The second-order valence-electron chi connectivity index (χ2n) is 5.93. The summed E-state index contributed by atoms with van der Waals surface area (Å²) in [5, 5.41) is 15.4. The third kappa shape index (κ3) is 3.00. The molecule has 2 aromatic carbocycles. The average molecular weight is 344 g/mol. The maximum atomic E-state index is 10.9. The third-order valence-corrected chi connectivity index (χ3v) is 4.30. The summed E-state index contributed by atoms with van der Waals surface area (Å²) >= 11 is 0. The quantitative estimate of drug-likeness (QED) is 0.407. The number of nitrogens with one attached hydrogen (secondary N) is 2. The van der Waals surface area contributed by atoms with E-state index in [1.165, 1.54) is 12.1 Å². The summed E-state index contributed by atoms with van der Waals surface area (Å²) in [4.78, 5) is 18.2. The van der Waals surface area contributed by atoms with Crippen LogP contribution in [0.4, 0.5) is 11.4 Å². The molecule has 0 saturated carbocycles. The molecule has 1 atom stereocenters. The van der Waals surface area contributed by atoms with Gasteiger partial charge in [0.15, 0.2) is 0 Å². The van der Waals surface area contributed by atoms with Crippen molar-refractivity contribution in [3.05, 3.63) is 100 Å². The minimum atomic E-state index is -0.403. The van der Waals surface area contributed by atoms with Gasteiger partial charge in [0, 0.05) is 46.7 Å². The Morgan fingerprint density at radius 2 is 1.77 bits per heavy atom. The number of H-pyrrole nitrogens is 1. The number of nitrogens with zero attached hydrogens (tertiary/aromatic N) is 2. The van der Waals surface area contributed by atoms with E-state index in [1.807, 2.05) is 42.6 Å². The zero-order chi connectivity index (χ0) is 17.9. The zero-order valence-corrected chi connectivity index (χ0v) is 13.8. The largest absolute Gasteiger partial charge is 0.373 e. The summed E-state index contributed by atoms with van der Waals surface area (Å²) in [5.41, 5.74) is 3.84. The van der Waals surface area contributed by atoms with Crippen molar-refractivity contribution in [1.29, 1.82) is 0 Å². The predicted octanol–water partition coefficient (Wildman–Crippen LogP) is 4.67. The van der Waals surface area contributed by atoms with Crippen molar-refractivity contribution in [2.45, 2.75) is 6.04 Å². The number of anilines is 1. The number of hydrogen-bond donors (Lipinski definition) is 2. The Labute approximate surface area is 149 Å². The Hall–Kier alpha value is -3.67. The van der Waals surface area contributed by atoms with Crippen LogP contribution in [-0.4, -0.2) is 14.9 Å². The van der Waals surface area contributed by atoms with Crippen molar-refractivity contribution in [1.82, 2.24) is 9.97 Å². The van der Waals surface area contributed by atoms with E-state index in [-0.39, 0.29) is 11.7 Å². The Morgan fingerprint density at radius 1 is 1.00 bits per heavy atom. The summed E-state index contributed by atoms with van der Waals surface area (Å²) in [7, 11) is 0.